The fourth-order valence-electron chi connectivity index (χ4n) is 1.50. The SMILES string of the molecule is CC(C)[C@@H](N)C(=O)N(C)CCc1ccncc1. The Labute approximate surface area is 103 Å². The summed E-state index contributed by atoms with van der Waals surface area (Å²) in [5.41, 5.74) is 7.01. The summed E-state index contributed by atoms with van der Waals surface area (Å²) in [6, 6.07) is 3.51. The fourth-order valence-corrected chi connectivity index (χ4v) is 1.50. The van der Waals surface area contributed by atoms with Crippen molar-refractivity contribution in [3.05, 3.63) is 30.1 Å². The summed E-state index contributed by atoms with van der Waals surface area (Å²) in [6.45, 7) is 4.60. The summed E-state index contributed by atoms with van der Waals surface area (Å²) in [4.78, 5) is 17.6. The quantitative estimate of drug-likeness (QED) is 0.830. The lowest BCUT2D eigenvalue weighted by molar-refractivity contribution is -0.132. The lowest BCUT2D eigenvalue weighted by Crippen LogP contribution is -2.45. The second-order valence-electron chi connectivity index (χ2n) is 4.64. The molecule has 1 rings (SSSR count). The number of carbonyl (C=O) groups is 1. The minimum absolute atomic E-state index is 0.00839. The first-order valence-corrected chi connectivity index (χ1v) is 5.92. The van der Waals surface area contributed by atoms with E-state index in [4.69, 9.17) is 5.73 Å². The molecular formula is C13H21N3O. The van der Waals surface area contributed by atoms with Crippen molar-refractivity contribution in [1.82, 2.24) is 9.88 Å². The maximum absolute atomic E-state index is 11.9. The van der Waals surface area contributed by atoms with Crippen molar-refractivity contribution in [3.8, 4) is 0 Å². The third-order valence-electron chi connectivity index (χ3n) is 2.86. The molecule has 2 N–H and O–H groups in total. The largest absolute Gasteiger partial charge is 0.344 e. The maximum Gasteiger partial charge on any atom is 0.239 e. The van der Waals surface area contributed by atoms with Crippen molar-refractivity contribution in [2.24, 2.45) is 11.7 Å². The van der Waals surface area contributed by atoms with Crippen LogP contribution in [-0.4, -0.2) is 35.4 Å². The summed E-state index contributed by atoms with van der Waals surface area (Å²) in [5.74, 6) is 0.180. The average Bonchev–Trinajstić information content (AvgIpc) is 2.35. The normalized spacial score (nSPS) is 12.5. The minimum atomic E-state index is -0.405. The Hall–Kier alpha value is -1.42. The zero-order valence-electron chi connectivity index (χ0n) is 10.8. The molecule has 0 bridgehead atoms. The van der Waals surface area contributed by atoms with Gasteiger partial charge in [0.2, 0.25) is 5.91 Å². The molecule has 0 aliphatic rings. The van der Waals surface area contributed by atoms with Crippen molar-refractivity contribution in [2.45, 2.75) is 26.3 Å². The molecule has 4 heteroatoms. The highest BCUT2D eigenvalue weighted by atomic mass is 16.2. The van der Waals surface area contributed by atoms with Crippen LogP contribution in [0.25, 0.3) is 0 Å². The number of amides is 1. The monoisotopic (exact) mass is 235 g/mol. The van der Waals surface area contributed by atoms with E-state index in [1.165, 1.54) is 5.56 Å². The summed E-state index contributed by atoms with van der Waals surface area (Å²) < 4.78 is 0. The minimum Gasteiger partial charge on any atom is -0.344 e. The Bertz CT molecular complexity index is 351. The summed E-state index contributed by atoms with van der Waals surface area (Å²) in [6.07, 6.45) is 4.35. The molecule has 0 saturated heterocycles. The summed E-state index contributed by atoms with van der Waals surface area (Å²) >= 11 is 0. The van der Waals surface area contributed by atoms with Crippen LogP contribution in [0.5, 0.6) is 0 Å². The van der Waals surface area contributed by atoms with Gasteiger partial charge in [-0.1, -0.05) is 13.8 Å². The number of nitrogens with two attached hydrogens (primary N) is 1. The van der Waals surface area contributed by atoms with E-state index in [0.717, 1.165) is 6.42 Å². The number of carbonyl (C=O) groups excluding carboxylic acids is 1. The second-order valence-corrected chi connectivity index (χ2v) is 4.64. The van der Waals surface area contributed by atoms with Gasteiger partial charge in [-0.2, -0.15) is 0 Å². The molecule has 1 heterocycles. The molecule has 0 unspecified atom stereocenters. The van der Waals surface area contributed by atoms with E-state index in [0.29, 0.717) is 6.54 Å². The predicted molar refractivity (Wildman–Crippen MR) is 68.4 cm³/mol. The van der Waals surface area contributed by atoms with Crippen molar-refractivity contribution in [2.75, 3.05) is 13.6 Å². The first-order chi connectivity index (χ1) is 8.02. The first kappa shape index (κ1) is 13.6. The maximum atomic E-state index is 11.9. The van der Waals surface area contributed by atoms with Crippen molar-refractivity contribution in [1.29, 1.82) is 0 Å². The van der Waals surface area contributed by atoms with Crippen LogP contribution in [-0.2, 0) is 11.2 Å². The van der Waals surface area contributed by atoms with Crippen LogP contribution in [0.3, 0.4) is 0 Å². The lowest BCUT2D eigenvalue weighted by atomic mass is 10.0. The molecule has 0 saturated carbocycles. The number of nitrogens with zero attached hydrogens (tertiary/aromatic N) is 2. The molecular weight excluding hydrogens is 214 g/mol. The first-order valence-electron chi connectivity index (χ1n) is 5.92. The van der Waals surface area contributed by atoms with E-state index < -0.39 is 6.04 Å². The third-order valence-corrected chi connectivity index (χ3v) is 2.86. The molecule has 17 heavy (non-hydrogen) atoms. The van der Waals surface area contributed by atoms with Gasteiger partial charge in [0.05, 0.1) is 6.04 Å². The standard InChI is InChI=1S/C13H21N3O/c1-10(2)12(14)13(17)16(3)9-6-11-4-7-15-8-5-11/h4-5,7-8,10,12H,6,9,14H2,1-3H3/t12-/m1/s1. The van der Waals surface area contributed by atoms with Gasteiger partial charge in [-0.05, 0) is 30.0 Å². The number of pyridine rings is 1. The van der Waals surface area contributed by atoms with Crippen LogP contribution in [0.4, 0.5) is 0 Å². The molecule has 0 aliphatic carbocycles. The van der Waals surface area contributed by atoms with Gasteiger partial charge in [0.1, 0.15) is 0 Å². The lowest BCUT2D eigenvalue weighted by Gasteiger charge is -2.23. The Morgan fingerprint density at radius 3 is 2.53 bits per heavy atom. The Morgan fingerprint density at radius 1 is 1.41 bits per heavy atom. The summed E-state index contributed by atoms with van der Waals surface area (Å²) in [7, 11) is 1.80. The fraction of sp³-hybridized carbons (Fsp3) is 0.538. The molecule has 0 aliphatic heterocycles. The molecule has 1 amide bonds. The number of hydrogen-bond acceptors (Lipinski definition) is 3. The number of likely N-dealkylation sites (N-methyl/N-ethyl adjacent to an activating group) is 1. The molecule has 1 aromatic heterocycles. The molecule has 4 nitrogen and oxygen atoms in total. The molecule has 1 atom stereocenters. The van der Waals surface area contributed by atoms with E-state index in [2.05, 4.69) is 4.98 Å². The van der Waals surface area contributed by atoms with Gasteiger partial charge >= 0.3 is 0 Å². The third kappa shape index (κ3) is 4.15. The average molecular weight is 235 g/mol. The number of hydrogen-bond donors (Lipinski definition) is 1. The van der Waals surface area contributed by atoms with E-state index in [9.17, 15) is 4.79 Å². The molecule has 1 aromatic rings. The molecule has 94 valence electrons. The zero-order chi connectivity index (χ0) is 12.8. The van der Waals surface area contributed by atoms with Crippen LogP contribution in [0.15, 0.2) is 24.5 Å². The van der Waals surface area contributed by atoms with Crippen molar-refractivity contribution in [3.63, 3.8) is 0 Å². The van der Waals surface area contributed by atoms with Crippen LogP contribution in [0, 0.1) is 5.92 Å². The molecule has 0 fully saturated rings. The Morgan fingerprint density at radius 2 is 2.00 bits per heavy atom. The van der Waals surface area contributed by atoms with Crippen LogP contribution in [0.1, 0.15) is 19.4 Å². The predicted octanol–water partition coefficient (Wildman–Crippen LogP) is 1.07. The van der Waals surface area contributed by atoms with Crippen molar-refractivity contribution >= 4 is 5.91 Å². The topological polar surface area (TPSA) is 59.2 Å². The highest BCUT2D eigenvalue weighted by molar-refractivity contribution is 5.81. The van der Waals surface area contributed by atoms with Gasteiger partial charge in [-0.25, -0.2) is 0 Å². The van der Waals surface area contributed by atoms with E-state index >= 15 is 0 Å². The van der Waals surface area contributed by atoms with Gasteiger partial charge in [0.25, 0.3) is 0 Å². The number of aromatic nitrogens is 1. The highest BCUT2D eigenvalue weighted by Crippen LogP contribution is 2.04. The Balaban J connectivity index is 2.45. The van der Waals surface area contributed by atoms with Gasteiger partial charge in [-0.3, -0.25) is 9.78 Å². The zero-order valence-corrected chi connectivity index (χ0v) is 10.8. The Kier molecular flexibility index (Phi) is 5.10. The van der Waals surface area contributed by atoms with Crippen LogP contribution >= 0.6 is 0 Å². The van der Waals surface area contributed by atoms with E-state index in [1.54, 1.807) is 24.3 Å². The van der Waals surface area contributed by atoms with Gasteiger partial charge in [0.15, 0.2) is 0 Å². The van der Waals surface area contributed by atoms with E-state index in [-0.39, 0.29) is 11.8 Å². The highest BCUT2D eigenvalue weighted by Gasteiger charge is 2.20. The van der Waals surface area contributed by atoms with Gasteiger partial charge in [0, 0.05) is 26.0 Å². The molecule has 0 radical (unpaired) electrons. The second kappa shape index (κ2) is 6.35. The molecule has 0 spiro atoms. The van der Waals surface area contributed by atoms with Crippen LogP contribution < -0.4 is 5.73 Å². The van der Waals surface area contributed by atoms with Gasteiger partial charge < -0.3 is 10.6 Å². The summed E-state index contributed by atoms with van der Waals surface area (Å²) in [5, 5.41) is 0. The van der Waals surface area contributed by atoms with Gasteiger partial charge in [-0.15, -0.1) is 0 Å². The smallest absolute Gasteiger partial charge is 0.239 e. The number of rotatable bonds is 5. The van der Waals surface area contributed by atoms with E-state index in [1.807, 2.05) is 26.0 Å². The van der Waals surface area contributed by atoms with Crippen LogP contribution in [0.2, 0.25) is 0 Å². The van der Waals surface area contributed by atoms with Crippen molar-refractivity contribution < 1.29 is 4.79 Å². The molecule has 0 aromatic carbocycles.